The Bertz CT molecular complexity index is 1510. The van der Waals surface area contributed by atoms with Crippen LogP contribution in [0.1, 0.15) is 6.42 Å². The maximum Gasteiger partial charge on any atom is 0.261 e. The molecule has 1 amide bonds. The van der Waals surface area contributed by atoms with Gasteiger partial charge >= 0.3 is 0 Å². The number of ether oxygens (including phenoxy) is 1. The second-order valence-electron chi connectivity index (χ2n) is 7.54. The molecule has 10 nitrogen and oxygen atoms in total. The van der Waals surface area contributed by atoms with Gasteiger partial charge in [0.15, 0.2) is 11.5 Å². The SMILES string of the molecule is O=C(CCn1cnc2ccccc2c1=O)NCCOc1ccc2nnc(-c3ccccc3)n2n1. The normalized spacial score (nSPS) is 11.1. The topological polar surface area (TPSA) is 116 Å². The third-order valence-electron chi connectivity index (χ3n) is 5.26. The first-order valence-electron chi connectivity index (χ1n) is 10.8. The summed E-state index contributed by atoms with van der Waals surface area (Å²) in [6.45, 7) is 0.791. The summed E-state index contributed by atoms with van der Waals surface area (Å²) in [5, 5.41) is 16.1. The molecule has 0 fully saturated rings. The van der Waals surface area contributed by atoms with Crippen molar-refractivity contribution in [3.63, 3.8) is 0 Å². The molecule has 0 spiro atoms. The van der Waals surface area contributed by atoms with Crippen LogP contribution in [0.4, 0.5) is 0 Å². The number of benzene rings is 2. The lowest BCUT2D eigenvalue weighted by Crippen LogP contribution is -2.30. The van der Waals surface area contributed by atoms with Crippen molar-refractivity contribution in [1.29, 1.82) is 0 Å². The molecule has 0 radical (unpaired) electrons. The Hall–Kier alpha value is -4.60. The zero-order chi connectivity index (χ0) is 23.3. The van der Waals surface area contributed by atoms with E-state index in [1.165, 1.54) is 10.9 Å². The van der Waals surface area contributed by atoms with Crippen LogP contribution in [0.25, 0.3) is 27.9 Å². The van der Waals surface area contributed by atoms with Crippen molar-refractivity contribution in [1.82, 2.24) is 34.7 Å². The molecule has 0 bridgehead atoms. The molecule has 2 aromatic carbocycles. The van der Waals surface area contributed by atoms with E-state index >= 15 is 0 Å². The van der Waals surface area contributed by atoms with E-state index in [-0.39, 0.29) is 31.0 Å². The van der Waals surface area contributed by atoms with Gasteiger partial charge in [-0.25, -0.2) is 4.98 Å². The van der Waals surface area contributed by atoms with Gasteiger partial charge < -0.3 is 10.1 Å². The van der Waals surface area contributed by atoms with Gasteiger partial charge in [-0.3, -0.25) is 14.2 Å². The van der Waals surface area contributed by atoms with Crippen molar-refractivity contribution in [3.05, 3.63) is 83.4 Å². The van der Waals surface area contributed by atoms with Crippen LogP contribution in [0.3, 0.4) is 0 Å². The second kappa shape index (κ2) is 9.49. The Morgan fingerprint density at radius 1 is 0.971 bits per heavy atom. The molecule has 0 aliphatic rings. The molecule has 1 N–H and O–H groups in total. The zero-order valence-corrected chi connectivity index (χ0v) is 18.2. The molecular weight excluding hydrogens is 434 g/mol. The summed E-state index contributed by atoms with van der Waals surface area (Å²) in [5.74, 6) is 0.831. The van der Waals surface area contributed by atoms with Crippen molar-refractivity contribution in [3.8, 4) is 17.3 Å². The first kappa shape index (κ1) is 21.3. The predicted octanol–water partition coefficient (Wildman–Crippen LogP) is 2.09. The highest BCUT2D eigenvalue weighted by Crippen LogP contribution is 2.18. The lowest BCUT2D eigenvalue weighted by atomic mass is 10.2. The third kappa shape index (κ3) is 4.46. The Morgan fingerprint density at radius 3 is 2.68 bits per heavy atom. The number of para-hydroxylation sites is 1. The summed E-state index contributed by atoms with van der Waals surface area (Å²) in [7, 11) is 0. The standard InChI is InChI=1S/C24H21N7O3/c32-21(12-14-30-16-26-19-9-5-4-8-18(19)24(30)33)25-13-15-34-22-11-10-20-27-28-23(31(20)29-22)17-6-2-1-3-7-17/h1-11,16H,12-15H2,(H,25,32). The minimum Gasteiger partial charge on any atom is -0.475 e. The summed E-state index contributed by atoms with van der Waals surface area (Å²) < 4.78 is 8.76. The first-order chi connectivity index (χ1) is 16.7. The molecule has 0 unspecified atom stereocenters. The van der Waals surface area contributed by atoms with Crippen LogP contribution in [0, 0.1) is 0 Å². The Kier molecular flexibility index (Phi) is 5.93. The van der Waals surface area contributed by atoms with Gasteiger partial charge in [-0.05, 0) is 18.2 Å². The fourth-order valence-electron chi connectivity index (χ4n) is 3.54. The van der Waals surface area contributed by atoms with E-state index in [0.717, 1.165) is 5.56 Å². The molecule has 5 aromatic rings. The number of nitrogens with one attached hydrogen (secondary N) is 1. The monoisotopic (exact) mass is 455 g/mol. The predicted molar refractivity (Wildman–Crippen MR) is 125 cm³/mol. The van der Waals surface area contributed by atoms with Crippen LogP contribution in [0.15, 0.2) is 77.9 Å². The van der Waals surface area contributed by atoms with E-state index < -0.39 is 0 Å². The van der Waals surface area contributed by atoms with E-state index in [1.807, 2.05) is 36.4 Å². The molecule has 3 heterocycles. The van der Waals surface area contributed by atoms with E-state index in [9.17, 15) is 9.59 Å². The average molecular weight is 455 g/mol. The lowest BCUT2D eigenvalue weighted by molar-refractivity contribution is -0.121. The fraction of sp³-hybridized carbons (Fsp3) is 0.167. The summed E-state index contributed by atoms with van der Waals surface area (Å²) >= 11 is 0. The minimum atomic E-state index is -0.183. The van der Waals surface area contributed by atoms with Gasteiger partial charge in [0, 0.05) is 24.6 Å². The van der Waals surface area contributed by atoms with E-state index in [2.05, 4.69) is 25.6 Å². The molecule has 0 atom stereocenters. The average Bonchev–Trinajstić information content (AvgIpc) is 3.30. The highest BCUT2D eigenvalue weighted by Gasteiger charge is 2.10. The molecule has 5 rings (SSSR count). The van der Waals surface area contributed by atoms with Gasteiger partial charge in [-0.15, -0.1) is 15.3 Å². The summed E-state index contributed by atoms with van der Waals surface area (Å²) in [5.41, 5.74) is 1.98. The quantitative estimate of drug-likeness (QED) is 0.356. The van der Waals surface area contributed by atoms with Gasteiger partial charge in [0.1, 0.15) is 6.61 Å². The van der Waals surface area contributed by atoms with Crippen molar-refractivity contribution >= 4 is 22.5 Å². The molecule has 170 valence electrons. The van der Waals surface area contributed by atoms with Crippen LogP contribution in [-0.4, -0.2) is 48.4 Å². The molecule has 0 aliphatic heterocycles. The van der Waals surface area contributed by atoms with E-state index in [4.69, 9.17) is 4.74 Å². The minimum absolute atomic E-state index is 0.158. The van der Waals surface area contributed by atoms with Crippen LogP contribution in [0.2, 0.25) is 0 Å². The largest absolute Gasteiger partial charge is 0.475 e. The highest BCUT2D eigenvalue weighted by atomic mass is 16.5. The van der Waals surface area contributed by atoms with Gasteiger partial charge in [0.05, 0.1) is 23.8 Å². The summed E-state index contributed by atoms with van der Waals surface area (Å²) in [4.78, 5) is 29.0. The molecule has 0 saturated carbocycles. The molecule has 0 saturated heterocycles. The van der Waals surface area contributed by atoms with Crippen molar-refractivity contribution in [2.75, 3.05) is 13.2 Å². The fourth-order valence-corrected chi connectivity index (χ4v) is 3.54. The number of hydrogen-bond donors (Lipinski definition) is 1. The lowest BCUT2D eigenvalue weighted by Gasteiger charge is -2.09. The highest BCUT2D eigenvalue weighted by molar-refractivity contribution is 5.77. The van der Waals surface area contributed by atoms with Gasteiger partial charge in [-0.1, -0.05) is 42.5 Å². The number of amides is 1. The number of carbonyl (C=O) groups is 1. The molecular formula is C24H21N7O3. The molecule has 10 heteroatoms. The molecule has 3 aromatic heterocycles. The second-order valence-corrected chi connectivity index (χ2v) is 7.54. The Labute approximate surface area is 193 Å². The Balaban J connectivity index is 1.14. The van der Waals surface area contributed by atoms with Gasteiger partial charge in [-0.2, -0.15) is 4.52 Å². The van der Waals surface area contributed by atoms with Crippen LogP contribution >= 0.6 is 0 Å². The number of carbonyl (C=O) groups excluding carboxylic acids is 1. The first-order valence-corrected chi connectivity index (χ1v) is 10.8. The maximum absolute atomic E-state index is 12.5. The van der Waals surface area contributed by atoms with Crippen molar-refractivity contribution in [2.45, 2.75) is 13.0 Å². The zero-order valence-electron chi connectivity index (χ0n) is 18.2. The molecule has 34 heavy (non-hydrogen) atoms. The van der Waals surface area contributed by atoms with Gasteiger partial charge in [0.2, 0.25) is 11.8 Å². The number of aromatic nitrogens is 6. The summed E-state index contributed by atoms with van der Waals surface area (Å²) in [6.07, 6.45) is 1.63. The van der Waals surface area contributed by atoms with Crippen LogP contribution in [0.5, 0.6) is 5.88 Å². The number of hydrogen-bond acceptors (Lipinski definition) is 7. The van der Waals surface area contributed by atoms with Crippen LogP contribution in [-0.2, 0) is 11.3 Å². The van der Waals surface area contributed by atoms with Gasteiger partial charge in [0.25, 0.3) is 5.56 Å². The van der Waals surface area contributed by atoms with Crippen molar-refractivity contribution < 1.29 is 9.53 Å². The molecule has 0 aliphatic carbocycles. The number of rotatable bonds is 8. The van der Waals surface area contributed by atoms with Crippen LogP contribution < -0.4 is 15.6 Å². The van der Waals surface area contributed by atoms with Crippen molar-refractivity contribution in [2.24, 2.45) is 0 Å². The number of nitrogens with zero attached hydrogens (tertiary/aromatic N) is 6. The number of aryl methyl sites for hydroxylation is 1. The third-order valence-corrected chi connectivity index (χ3v) is 5.26. The maximum atomic E-state index is 12.5. The van der Waals surface area contributed by atoms with E-state index in [1.54, 1.807) is 34.8 Å². The summed E-state index contributed by atoms with van der Waals surface area (Å²) in [6, 6.07) is 20.3. The Morgan fingerprint density at radius 2 is 1.79 bits per heavy atom. The number of fused-ring (bicyclic) bond motifs is 2. The van der Waals surface area contributed by atoms with E-state index in [0.29, 0.717) is 34.8 Å². The smallest absolute Gasteiger partial charge is 0.261 e.